The molecule has 2 heterocycles. The topological polar surface area (TPSA) is 133 Å². The second-order valence-corrected chi connectivity index (χ2v) is 9.24. The van der Waals surface area contributed by atoms with Gasteiger partial charge in [0.15, 0.2) is 0 Å². The van der Waals surface area contributed by atoms with Crippen molar-refractivity contribution in [3.8, 4) is 0 Å². The lowest BCUT2D eigenvalue weighted by molar-refractivity contribution is -0.121. The predicted molar refractivity (Wildman–Crippen MR) is 116 cm³/mol. The number of para-hydroxylation sites is 1. The van der Waals surface area contributed by atoms with E-state index in [0.717, 1.165) is 10.9 Å². The Morgan fingerprint density at radius 2 is 1.81 bits per heavy atom. The molecule has 0 unspecified atom stereocenters. The number of morpholine rings is 1. The summed E-state index contributed by atoms with van der Waals surface area (Å²) in [7, 11) is -3.55. The van der Waals surface area contributed by atoms with Gasteiger partial charge in [-0.3, -0.25) is 25.5 Å². The molecule has 1 aliphatic heterocycles. The standard InChI is InChI=1S/C21H23N5O5S/c27-19(23-25-21(28)18-3-1-2-16-14-22-24-20(16)18)9-6-15-4-7-17(8-5-15)32(29,30)26-10-12-31-13-11-26/h1-5,7-8,14H,6,9-13H2,(H,22,24)(H,23,27)(H,25,28). The van der Waals surface area contributed by atoms with Gasteiger partial charge in [-0.15, -0.1) is 0 Å². The monoisotopic (exact) mass is 457 g/mol. The highest BCUT2D eigenvalue weighted by Crippen LogP contribution is 2.18. The molecular formula is C21H23N5O5S. The van der Waals surface area contributed by atoms with Crippen LogP contribution in [0.2, 0.25) is 0 Å². The van der Waals surface area contributed by atoms with Crippen LogP contribution in [0.15, 0.2) is 53.6 Å². The third-order valence-corrected chi connectivity index (χ3v) is 7.12. The zero-order valence-electron chi connectivity index (χ0n) is 17.2. The number of benzene rings is 2. The van der Waals surface area contributed by atoms with E-state index >= 15 is 0 Å². The highest BCUT2D eigenvalue weighted by molar-refractivity contribution is 7.89. The fourth-order valence-electron chi connectivity index (χ4n) is 3.44. The minimum Gasteiger partial charge on any atom is -0.379 e. The smallest absolute Gasteiger partial charge is 0.271 e. The van der Waals surface area contributed by atoms with Crippen LogP contribution in [0.4, 0.5) is 0 Å². The molecule has 0 atom stereocenters. The molecule has 2 aromatic carbocycles. The van der Waals surface area contributed by atoms with E-state index in [1.165, 1.54) is 4.31 Å². The second kappa shape index (κ2) is 9.47. The molecule has 11 heteroatoms. The minimum atomic E-state index is -3.55. The number of sulfonamides is 1. The van der Waals surface area contributed by atoms with Crippen LogP contribution in [-0.4, -0.2) is 61.0 Å². The summed E-state index contributed by atoms with van der Waals surface area (Å²) in [6.45, 7) is 1.45. The Labute approximate surface area is 185 Å². The molecule has 0 radical (unpaired) electrons. The summed E-state index contributed by atoms with van der Waals surface area (Å²) >= 11 is 0. The van der Waals surface area contributed by atoms with Crippen molar-refractivity contribution in [3.05, 3.63) is 59.8 Å². The molecule has 1 aliphatic rings. The van der Waals surface area contributed by atoms with Gasteiger partial charge in [-0.05, 0) is 30.2 Å². The predicted octanol–water partition coefficient (Wildman–Crippen LogP) is 0.978. The molecule has 0 bridgehead atoms. The van der Waals surface area contributed by atoms with Crippen molar-refractivity contribution in [2.45, 2.75) is 17.7 Å². The highest BCUT2D eigenvalue weighted by atomic mass is 32.2. The number of hydrogen-bond donors (Lipinski definition) is 3. The number of fused-ring (bicyclic) bond motifs is 1. The van der Waals surface area contributed by atoms with Gasteiger partial charge < -0.3 is 4.74 Å². The van der Waals surface area contributed by atoms with Crippen LogP contribution in [0.5, 0.6) is 0 Å². The van der Waals surface area contributed by atoms with Gasteiger partial charge >= 0.3 is 0 Å². The first-order valence-electron chi connectivity index (χ1n) is 10.1. The summed E-state index contributed by atoms with van der Waals surface area (Å²) in [5.74, 6) is -0.814. The molecular weight excluding hydrogens is 434 g/mol. The van der Waals surface area contributed by atoms with Crippen molar-refractivity contribution in [1.29, 1.82) is 0 Å². The van der Waals surface area contributed by atoms with Gasteiger partial charge in [0.2, 0.25) is 15.9 Å². The number of aromatic amines is 1. The number of rotatable bonds is 6. The van der Waals surface area contributed by atoms with Gasteiger partial charge in [0.25, 0.3) is 5.91 Å². The Morgan fingerprint density at radius 3 is 2.56 bits per heavy atom. The van der Waals surface area contributed by atoms with Crippen LogP contribution < -0.4 is 10.9 Å². The molecule has 1 saturated heterocycles. The molecule has 3 N–H and O–H groups in total. The van der Waals surface area contributed by atoms with Crippen LogP contribution in [-0.2, 0) is 26.0 Å². The number of ether oxygens (including phenoxy) is 1. The van der Waals surface area contributed by atoms with Gasteiger partial charge in [0, 0.05) is 24.9 Å². The van der Waals surface area contributed by atoms with Crippen LogP contribution >= 0.6 is 0 Å². The lowest BCUT2D eigenvalue weighted by Crippen LogP contribution is -2.41. The van der Waals surface area contributed by atoms with E-state index in [9.17, 15) is 18.0 Å². The van der Waals surface area contributed by atoms with Crippen LogP contribution in [0.25, 0.3) is 10.9 Å². The van der Waals surface area contributed by atoms with Gasteiger partial charge in [-0.25, -0.2) is 8.42 Å². The Bertz CT molecular complexity index is 1220. The van der Waals surface area contributed by atoms with E-state index in [1.807, 2.05) is 6.07 Å². The number of aryl methyl sites for hydroxylation is 1. The Hall–Kier alpha value is -3.28. The van der Waals surface area contributed by atoms with Crippen molar-refractivity contribution >= 4 is 32.7 Å². The highest BCUT2D eigenvalue weighted by Gasteiger charge is 2.26. The maximum absolute atomic E-state index is 12.7. The molecule has 1 fully saturated rings. The molecule has 3 aromatic rings. The number of hydrazine groups is 1. The van der Waals surface area contributed by atoms with Crippen molar-refractivity contribution in [1.82, 2.24) is 25.4 Å². The van der Waals surface area contributed by atoms with Crippen molar-refractivity contribution in [2.24, 2.45) is 0 Å². The molecule has 10 nitrogen and oxygen atoms in total. The van der Waals surface area contributed by atoms with Crippen LogP contribution in [0, 0.1) is 0 Å². The van der Waals surface area contributed by atoms with Gasteiger partial charge in [-0.2, -0.15) is 9.40 Å². The second-order valence-electron chi connectivity index (χ2n) is 7.30. The van der Waals surface area contributed by atoms with Crippen molar-refractivity contribution in [2.75, 3.05) is 26.3 Å². The number of amides is 2. The Morgan fingerprint density at radius 1 is 1.06 bits per heavy atom. The fourth-order valence-corrected chi connectivity index (χ4v) is 4.84. The molecule has 0 spiro atoms. The molecule has 4 rings (SSSR count). The molecule has 32 heavy (non-hydrogen) atoms. The van der Waals surface area contributed by atoms with E-state index in [0.29, 0.717) is 43.8 Å². The van der Waals surface area contributed by atoms with Gasteiger partial charge in [0.1, 0.15) is 0 Å². The summed E-state index contributed by atoms with van der Waals surface area (Å²) in [5, 5.41) is 7.47. The quantitative estimate of drug-likeness (QED) is 0.473. The summed E-state index contributed by atoms with van der Waals surface area (Å²) in [6, 6.07) is 11.7. The zero-order valence-corrected chi connectivity index (χ0v) is 18.0. The van der Waals surface area contributed by atoms with Crippen molar-refractivity contribution in [3.63, 3.8) is 0 Å². The fraction of sp³-hybridized carbons (Fsp3) is 0.286. The molecule has 1 aromatic heterocycles. The number of carbonyl (C=O) groups excluding carboxylic acids is 2. The maximum Gasteiger partial charge on any atom is 0.271 e. The maximum atomic E-state index is 12.7. The van der Waals surface area contributed by atoms with Crippen LogP contribution in [0.3, 0.4) is 0 Å². The molecule has 2 amide bonds. The third-order valence-electron chi connectivity index (χ3n) is 5.21. The summed E-state index contributed by atoms with van der Waals surface area (Å²) in [4.78, 5) is 24.7. The lowest BCUT2D eigenvalue weighted by atomic mass is 10.1. The SMILES string of the molecule is O=C(CCc1ccc(S(=O)(=O)N2CCOCC2)cc1)NNC(=O)c1cccc2cn[nH]c12. The van der Waals surface area contributed by atoms with E-state index in [2.05, 4.69) is 21.0 Å². The summed E-state index contributed by atoms with van der Waals surface area (Å²) in [6.07, 6.45) is 2.14. The minimum absolute atomic E-state index is 0.129. The average molecular weight is 458 g/mol. The summed E-state index contributed by atoms with van der Waals surface area (Å²) in [5.41, 5.74) is 6.58. The zero-order chi connectivity index (χ0) is 22.6. The molecule has 0 aliphatic carbocycles. The number of carbonyl (C=O) groups is 2. The van der Waals surface area contributed by atoms with Gasteiger partial charge in [0.05, 0.1) is 35.4 Å². The van der Waals surface area contributed by atoms with E-state index < -0.39 is 15.9 Å². The molecule has 168 valence electrons. The van der Waals surface area contributed by atoms with E-state index in [-0.39, 0.29) is 17.2 Å². The number of H-pyrrole nitrogens is 1. The normalized spacial score (nSPS) is 14.9. The average Bonchev–Trinajstić information content (AvgIpc) is 3.31. The largest absolute Gasteiger partial charge is 0.379 e. The van der Waals surface area contributed by atoms with Crippen LogP contribution in [0.1, 0.15) is 22.3 Å². The number of nitrogens with one attached hydrogen (secondary N) is 3. The number of aromatic nitrogens is 2. The first-order chi connectivity index (χ1) is 15.4. The number of nitrogens with zero attached hydrogens (tertiary/aromatic N) is 2. The van der Waals surface area contributed by atoms with E-state index in [4.69, 9.17) is 4.74 Å². The summed E-state index contributed by atoms with van der Waals surface area (Å²) < 4.78 is 31.9. The third kappa shape index (κ3) is 4.79. The molecule has 0 saturated carbocycles. The van der Waals surface area contributed by atoms with E-state index in [1.54, 1.807) is 42.6 Å². The Balaban J connectivity index is 1.28. The van der Waals surface area contributed by atoms with Crippen molar-refractivity contribution < 1.29 is 22.7 Å². The lowest BCUT2D eigenvalue weighted by Gasteiger charge is -2.26. The Kier molecular flexibility index (Phi) is 6.49. The first kappa shape index (κ1) is 21.9. The van der Waals surface area contributed by atoms with Gasteiger partial charge in [-0.1, -0.05) is 24.3 Å². The first-order valence-corrected chi connectivity index (χ1v) is 11.6. The number of hydrogen-bond acceptors (Lipinski definition) is 6.